The van der Waals surface area contributed by atoms with Crippen molar-refractivity contribution < 1.29 is 4.74 Å². The monoisotopic (exact) mass is 223 g/mol. The van der Waals surface area contributed by atoms with Crippen LogP contribution in [-0.4, -0.2) is 6.10 Å². The molecule has 0 aliphatic carbocycles. The van der Waals surface area contributed by atoms with Crippen LogP contribution >= 0.6 is 11.6 Å². The third kappa shape index (κ3) is 3.54. The molecule has 1 atom stereocenters. The molecule has 0 bridgehead atoms. The van der Waals surface area contributed by atoms with Crippen LogP contribution in [0.1, 0.15) is 31.4 Å². The zero-order valence-corrected chi connectivity index (χ0v) is 9.71. The van der Waals surface area contributed by atoms with Crippen LogP contribution in [0.25, 0.3) is 0 Å². The Hall–Kier alpha value is -1.04. The van der Waals surface area contributed by atoms with Gasteiger partial charge in [0.15, 0.2) is 0 Å². The van der Waals surface area contributed by atoms with Crippen LogP contribution in [0.2, 0.25) is 5.02 Å². The lowest BCUT2D eigenvalue weighted by Gasteiger charge is -2.11. The summed E-state index contributed by atoms with van der Waals surface area (Å²) in [5, 5.41) is 9.26. The van der Waals surface area contributed by atoms with Crippen LogP contribution in [-0.2, 0) is 11.3 Å². The maximum absolute atomic E-state index is 8.67. The number of ether oxygens (including phenoxy) is 1. The number of nitrogens with zero attached hydrogens (tertiary/aromatic N) is 1. The predicted octanol–water partition coefficient (Wildman–Crippen LogP) is 3.53. The fraction of sp³-hybridized carbons (Fsp3) is 0.417. The first-order valence-electron chi connectivity index (χ1n) is 4.97. The van der Waals surface area contributed by atoms with Gasteiger partial charge < -0.3 is 4.74 Å². The Balaban J connectivity index is 2.67. The van der Waals surface area contributed by atoms with Crippen molar-refractivity contribution >= 4 is 11.6 Å². The Morgan fingerprint density at radius 3 is 2.80 bits per heavy atom. The van der Waals surface area contributed by atoms with Gasteiger partial charge in [-0.1, -0.05) is 24.6 Å². The van der Waals surface area contributed by atoms with E-state index in [0.717, 1.165) is 12.0 Å². The molecule has 1 unspecified atom stereocenters. The van der Waals surface area contributed by atoms with Crippen LogP contribution in [0.15, 0.2) is 18.2 Å². The van der Waals surface area contributed by atoms with Crippen molar-refractivity contribution in [2.24, 2.45) is 0 Å². The molecule has 1 rings (SSSR count). The highest BCUT2D eigenvalue weighted by Crippen LogP contribution is 2.19. The fourth-order valence-corrected chi connectivity index (χ4v) is 1.32. The molecule has 0 saturated heterocycles. The molecule has 0 aliphatic rings. The molecule has 15 heavy (non-hydrogen) atoms. The minimum atomic E-state index is 0.233. The summed E-state index contributed by atoms with van der Waals surface area (Å²) in [7, 11) is 0. The SMILES string of the molecule is CCC(C)OCc1ccc(C#N)cc1Cl. The van der Waals surface area contributed by atoms with Gasteiger partial charge in [0.05, 0.1) is 24.3 Å². The first-order valence-corrected chi connectivity index (χ1v) is 5.35. The standard InChI is InChI=1S/C12H14ClNO/c1-3-9(2)15-8-11-5-4-10(7-14)6-12(11)13/h4-6,9H,3,8H2,1-2H3. The molecule has 0 aromatic heterocycles. The Bertz CT molecular complexity index is 370. The first kappa shape index (κ1) is 12.0. The fourth-order valence-electron chi connectivity index (χ4n) is 1.08. The Morgan fingerprint density at radius 1 is 1.53 bits per heavy atom. The lowest BCUT2D eigenvalue weighted by atomic mass is 10.1. The highest BCUT2D eigenvalue weighted by atomic mass is 35.5. The highest BCUT2D eigenvalue weighted by molar-refractivity contribution is 6.31. The van der Waals surface area contributed by atoms with Crippen LogP contribution in [0.5, 0.6) is 0 Å². The maximum Gasteiger partial charge on any atom is 0.0992 e. The molecule has 0 saturated carbocycles. The predicted molar refractivity (Wildman–Crippen MR) is 60.7 cm³/mol. The van der Waals surface area contributed by atoms with E-state index < -0.39 is 0 Å². The molecule has 0 radical (unpaired) electrons. The van der Waals surface area contributed by atoms with Crippen LogP contribution in [0.3, 0.4) is 0 Å². The molecule has 0 spiro atoms. The Kier molecular flexibility index (Phi) is 4.61. The molecular formula is C12H14ClNO. The van der Waals surface area contributed by atoms with Crippen molar-refractivity contribution in [1.82, 2.24) is 0 Å². The zero-order valence-electron chi connectivity index (χ0n) is 8.96. The van der Waals surface area contributed by atoms with Crippen molar-refractivity contribution in [3.05, 3.63) is 34.3 Å². The van der Waals surface area contributed by atoms with Crippen molar-refractivity contribution in [2.45, 2.75) is 33.0 Å². The van der Waals surface area contributed by atoms with Crippen LogP contribution < -0.4 is 0 Å². The van der Waals surface area contributed by atoms with Crippen molar-refractivity contribution in [3.8, 4) is 6.07 Å². The summed E-state index contributed by atoms with van der Waals surface area (Å²) >= 11 is 6.00. The number of hydrogen-bond acceptors (Lipinski definition) is 2. The van der Waals surface area contributed by atoms with Gasteiger partial charge in [-0.25, -0.2) is 0 Å². The molecule has 3 heteroatoms. The average molecular weight is 224 g/mol. The maximum atomic E-state index is 8.67. The summed E-state index contributed by atoms with van der Waals surface area (Å²) in [5.74, 6) is 0. The van der Waals surface area contributed by atoms with Gasteiger partial charge in [-0.3, -0.25) is 0 Å². The molecule has 1 aromatic rings. The second-order valence-electron chi connectivity index (χ2n) is 3.45. The van der Waals surface area contributed by atoms with Gasteiger partial charge in [0.1, 0.15) is 0 Å². The minimum Gasteiger partial charge on any atom is -0.374 e. The van der Waals surface area contributed by atoms with Gasteiger partial charge in [0, 0.05) is 5.02 Å². The van der Waals surface area contributed by atoms with E-state index in [9.17, 15) is 0 Å². The zero-order chi connectivity index (χ0) is 11.3. The van der Waals surface area contributed by atoms with Crippen molar-refractivity contribution in [1.29, 1.82) is 5.26 Å². The minimum absolute atomic E-state index is 0.233. The molecule has 0 heterocycles. The van der Waals surface area contributed by atoms with E-state index in [4.69, 9.17) is 21.6 Å². The summed E-state index contributed by atoms with van der Waals surface area (Å²) in [6, 6.07) is 7.30. The normalized spacial score (nSPS) is 12.1. The van der Waals surface area contributed by atoms with Crippen LogP contribution in [0.4, 0.5) is 0 Å². The second kappa shape index (κ2) is 5.75. The summed E-state index contributed by atoms with van der Waals surface area (Å²) in [6.07, 6.45) is 1.21. The second-order valence-corrected chi connectivity index (χ2v) is 3.86. The molecule has 0 fully saturated rings. The van der Waals surface area contributed by atoms with Crippen LogP contribution in [0, 0.1) is 11.3 Å². The van der Waals surface area contributed by atoms with Gasteiger partial charge in [-0.05, 0) is 31.0 Å². The molecule has 0 aliphatic heterocycles. The largest absolute Gasteiger partial charge is 0.374 e. The van der Waals surface area contributed by atoms with E-state index in [1.54, 1.807) is 12.1 Å². The molecule has 1 aromatic carbocycles. The number of rotatable bonds is 4. The van der Waals surface area contributed by atoms with E-state index in [0.29, 0.717) is 17.2 Å². The number of hydrogen-bond donors (Lipinski definition) is 0. The lowest BCUT2D eigenvalue weighted by Crippen LogP contribution is -2.06. The van der Waals surface area contributed by atoms with Gasteiger partial charge in [0.2, 0.25) is 0 Å². The van der Waals surface area contributed by atoms with Crippen molar-refractivity contribution in [3.63, 3.8) is 0 Å². The third-order valence-corrected chi connectivity index (χ3v) is 2.63. The summed E-state index contributed by atoms with van der Waals surface area (Å²) < 4.78 is 5.56. The summed E-state index contributed by atoms with van der Waals surface area (Å²) in [4.78, 5) is 0. The van der Waals surface area contributed by atoms with Gasteiger partial charge in [-0.2, -0.15) is 5.26 Å². The van der Waals surface area contributed by atoms with Gasteiger partial charge >= 0.3 is 0 Å². The number of halogens is 1. The van der Waals surface area contributed by atoms with E-state index >= 15 is 0 Å². The summed E-state index contributed by atoms with van der Waals surface area (Å²) in [5.41, 5.74) is 1.50. The Labute approximate surface area is 95.4 Å². The van der Waals surface area contributed by atoms with E-state index in [-0.39, 0.29) is 6.10 Å². The highest BCUT2D eigenvalue weighted by Gasteiger charge is 2.04. The Morgan fingerprint density at radius 2 is 2.27 bits per heavy atom. The molecule has 2 nitrogen and oxygen atoms in total. The smallest absolute Gasteiger partial charge is 0.0992 e. The van der Waals surface area contributed by atoms with Gasteiger partial charge in [-0.15, -0.1) is 0 Å². The topological polar surface area (TPSA) is 33.0 Å². The molecule has 0 amide bonds. The summed E-state index contributed by atoms with van der Waals surface area (Å²) in [6.45, 7) is 4.60. The molecule has 0 N–H and O–H groups in total. The molecule has 80 valence electrons. The van der Waals surface area contributed by atoms with Gasteiger partial charge in [0.25, 0.3) is 0 Å². The third-order valence-electron chi connectivity index (χ3n) is 2.28. The van der Waals surface area contributed by atoms with E-state index in [1.165, 1.54) is 0 Å². The van der Waals surface area contributed by atoms with Crippen molar-refractivity contribution in [2.75, 3.05) is 0 Å². The van der Waals surface area contributed by atoms with E-state index in [1.807, 2.05) is 19.1 Å². The first-order chi connectivity index (χ1) is 7.17. The van der Waals surface area contributed by atoms with E-state index in [2.05, 4.69) is 6.92 Å². The number of nitriles is 1. The number of benzene rings is 1. The lowest BCUT2D eigenvalue weighted by molar-refractivity contribution is 0.0509. The quantitative estimate of drug-likeness (QED) is 0.783. The molecular weight excluding hydrogens is 210 g/mol. The average Bonchev–Trinajstić information content (AvgIpc) is 2.26.